The van der Waals surface area contributed by atoms with E-state index in [1.807, 2.05) is 4.90 Å². The number of carbonyl (C=O) groups is 2. The first-order valence-corrected chi connectivity index (χ1v) is 7.96. The van der Waals surface area contributed by atoms with Crippen LogP contribution < -0.4 is 15.4 Å². The third kappa shape index (κ3) is 4.03. The summed E-state index contributed by atoms with van der Waals surface area (Å²) in [5.41, 5.74) is 5.53. The van der Waals surface area contributed by atoms with Gasteiger partial charge >= 0.3 is 0 Å². The summed E-state index contributed by atoms with van der Waals surface area (Å²) in [6.07, 6.45) is 3.40. The predicted octanol–water partition coefficient (Wildman–Crippen LogP) is 0.303. The van der Waals surface area contributed by atoms with Crippen LogP contribution >= 0.6 is 0 Å². The standard InChI is InChI=1S/C17H19N5O3/c18-15(23)12-25-14-5-2-1-4-13(14)16(24)21-8-10-22(11-9-21)17-19-6-3-7-20-17/h1-7H,8-12H2,(H2,18,23). The molecule has 1 aromatic carbocycles. The Hall–Kier alpha value is -3.16. The quantitative estimate of drug-likeness (QED) is 0.839. The van der Waals surface area contributed by atoms with Crippen LogP contribution in [0.1, 0.15) is 10.4 Å². The summed E-state index contributed by atoms with van der Waals surface area (Å²) in [7, 11) is 0. The Labute approximate surface area is 145 Å². The van der Waals surface area contributed by atoms with Gasteiger partial charge in [-0.25, -0.2) is 9.97 Å². The number of piperazine rings is 1. The number of para-hydroxylation sites is 1. The lowest BCUT2D eigenvalue weighted by atomic mass is 10.1. The number of aromatic nitrogens is 2. The third-order valence-electron chi connectivity index (χ3n) is 3.89. The molecule has 0 unspecified atom stereocenters. The van der Waals surface area contributed by atoms with Crippen molar-refractivity contribution in [2.75, 3.05) is 37.7 Å². The lowest BCUT2D eigenvalue weighted by Crippen LogP contribution is -2.49. The first-order chi connectivity index (χ1) is 12.1. The van der Waals surface area contributed by atoms with Crippen molar-refractivity contribution < 1.29 is 14.3 Å². The van der Waals surface area contributed by atoms with Gasteiger partial charge in [0.15, 0.2) is 6.61 Å². The SMILES string of the molecule is NC(=O)COc1ccccc1C(=O)N1CCN(c2ncccn2)CC1. The van der Waals surface area contributed by atoms with Crippen LogP contribution in [-0.2, 0) is 4.79 Å². The minimum absolute atomic E-state index is 0.131. The van der Waals surface area contributed by atoms with Gasteiger partial charge in [0.05, 0.1) is 5.56 Å². The van der Waals surface area contributed by atoms with Gasteiger partial charge in [0.1, 0.15) is 5.75 Å². The van der Waals surface area contributed by atoms with E-state index in [-0.39, 0.29) is 12.5 Å². The molecule has 2 heterocycles. The molecule has 1 aliphatic rings. The Balaban J connectivity index is 1.66. The van der Waals surface area contributed by atoms with Crippen molar-refractivity contribution in [3.8, 4) is 5.75 Å². The Kier molecular flexibility index (Phi) is 5.08. The van der Waals surface area contributed by atoms with E-state index in [0.29, 0.717) is 43.4 Å². The molecule has 8 nitrogen and oxygen atoms in total. The molecule has 0 radical (unpaired) electrons. The van der Waals surface area contributed by atoms with E-state index in [1.165, 1.54) is 0 Å². The van der Waals surface area contributed by atoms with Gasteiger partial charge in [-0.1, -0.05) is 12.1 Å². The molecule has 25 heavy (non-hydrogen) atoms. The third-order valence-corrected chi connectivity index (χ3v) is 3.89. The molecular weight excluding hydrogens is 322 g/mol. The molecular formula is C17H19N5O3. The fourth-order valence-corrected chi connectivity index (χ4v) is 2.65. The summed E-state index contributed by atoms with van der Waals surface area (Å²) in [5.74, 6) is 0.312. The zero-order chi connectivity index (χ0) is 17.6. The minimum atomic E-state index is -0.585. The molecule has 1 aliphatic heterocycles. The lowest BCUT2D eigenvalue weighted by Gasteiger charge is -2.34. The number of hydrogen-bond acceptors (Lipinski definition) is 6. The second kappa shape index (κ2) is 7.61. The van der Waals surface area contributed by atoms with Crippen molar-refractivity contribution in [2.24, 2.45) is 5.73 Å². The van der Waals surface area contributed by atoms with E-state index < -0.39 is 5.91 Å². The maximum atomic E-state index is 12.8. The zero-order valence-electron chi connectivity index (χ0n) is 13.7. The highest BCUT2D eigenvalue weighted by Crippen LogP contribution is 2.21. The second-order valence-electron chi connectivity index (χ2n) is 5.58. The number of rotatable bonds is 5. The molecule has 0 spiro atoms. The summed E-state index contributed by atoms with van der Waals surface area (Å²) in [5, 5.41) is 0. The average molecular weight is 341 g/mol. The van der Waals surface area contributed by atoms with Gasteiger partial charge < -0.3 is 20.3 Å². The number of hydrogen-bond donors (Lipinski definition) is 1. The molecule has 2 amide bonds. The Morgan fingerprint density at radius 1 is 1.04 bits per heavy atom. The molecule has 0 saturated carbocycles. The maximum Gasteiger partial charge on any atom is 0.257 e. The monoisotopic (exact) mass is 341 g/mol. The zero-order valence-corrected chi connectivity index (χ0v) is 13.7. The summed E-state index contributed by atoms with van der Waals surface area (Å²) in [6, 6.07) is 8.62. The van der Waals surface area contributed by atoms with E-state index in [9.17, 15) is 9.59 Å². The van der Waals surface area contributed by atoms with Crippen molar-refractivity contribution in [1.82, 2.24) is 14.9 Å². The van der Waals surface area contributed by atoms with Gasteiger partial charge in [-0.15, -0.1) is 0 Å². The van der Waals surface area contributed by atoms with Crippen LogP contribution in [0.2, 0.25) is 0 Å². The number of benzene rings is 1. The van der Waals surface area contributed by atoms with Gasteiger partial charge in [0.2, 0.25) is 5.95 Å². The van der Waals surface area contributed by atoms with E-state index in [0.717, 1.165) is 0 Å². The molecule has 3 rings (SSSR count). The Morgan fingerprint density at radius 2 is 1.72 bits per heavy atom. The Bertz CT molecular complexity index is 745. The second-order valence-corrected chi connectivity index (χ2v) is 5.58. The fraction of sp³-hybridized carbons (Fsp3) is 0.294. The van der Waals surface area contributed by atoms with Crippen molar-refractivity contribution in [3.05, 3.63) is 48.3 Å². The minimum Gasteiger partial charge on any atom is -0.483 e. The van der Waals surface area contributed by atoms with Crippen LogP contribution in [0.3, 0.4) is 0 Å². The molecule has 2 aromatic rings. The van der Waals surface area contributed by atoms with Crippen molar-refractivity contribution >= 4 is 17.8 Å². The van der Waals surface area contributed by atoms with E-state index in [4.69, 9.17) is 10.5 Å². The first kappa shape index (κ1) is 16.7. The number of nitrogens with zero attached hydrogens (tertiary/aromatic N) is 4. The summed E-state index contributed by atoms with van der Waals surface area (Å²) >= 11 is 0. The molecule has 8 heteroatoms. The average Bonchev–Trinajstić information content (AvgIpc) is 2.67. The highest BCUT2D eigenvalue weighted by Gasteiger charge is 2.25. The number of anilines is 1. The first-order valence-electron chi connectivity index (χ1n) is 7.96. The smallest absolute Gasteiger partial charge is 0.257 e. The molecule has 130 valence electrons. The molecule has 0 bridgehead atoms. The van der Waals surface area contributed by atoms with E-state index >= 15 is 0 Å². The maximum absolute atomic E-state index is 12.8. The van der Waals surface area contributed by atoms with Crippen LogP contribution in [0.5, 0.6) is 5.75 Å². The molecule has 0 aliphatic carbocycles. The van der Waals surface area contributed by atoms with Crippen LogP contribution in [0.25, 0.3) is 0 Å². The van der Waals surface area contributed by atoms with Crippen molar-refractivity contribution in [1.29, 1.82) is 0 Å². The molecule has 2 N–H and O–H groups in total. The van der Waals surface area contributed by atoms with E-state index in [1.54, 1.807) is 47.6 Å². The fourth-order valence-electron chi connectivity index (χ4n) is 2.65. The van der Waals surface area contributed by atoms with Crippen LogP contribution in [0, 0.1) is 0 Å². The molecule has 1 saturated heterocycles. The largest absolute Gasteiger partial charge is 0.483 e. The van der Waals surface area contributed by atoms with Gasteiger partial charge in [-0.2, -0.15) is 0 Å². The highest BCUT2D eigenvalue weighted by molar-refractivity contribution is 5.97. The summed E-state index contributed by atoms with van der Waals surface area (Å²) < 4.78 is 5.35. The molecule has 1 fully saturated rings. The summed E-state index contributed by atoms with van der Waals surface area (Å²) in [6.45, 7) is 2.16. The summed E-state index contributed by atoms with van der Waals surface area (Å²) in [4.78, 5) is 36.0. The van der Waals surface area contributed by atoms with Crippen LogP contribution in [0.4, 0.5) is 5.95 Å². The lowest BCUT2D eigenvalue weighted by molar-refractivity contribution is -0.119. The van der Waals surface area contributed by atoms with Crippen LogP contribution in [0.15, 0.2) is 42.7 Å². The number of amides is 2. The van der Waals surface area contributed by atoms with Crippen molar-refractivity contribution in [3.63, 3.8) is 0 Å². The predicted molar refractivity (Wildman–Crippen MR) is 91.3 cm³/mol. The number of ether oxygens (including phenoxy) is 1. The number of carbonyl (C=O) groups excluding carboxylic acids is 2. The van der Waals surface area contributed by atoms with E-state index in [2.05, 4.69) is 9.97 Å². The van der Waals surface area contributed by atoms with Crippen molar-refractivity contribution in [2.45, 2.75) is 0 Å². The van der Waals surface area contributed by atoms with Crippen LogP contribution in [-0.4, -0.2) is 59.5 Å². The Morgan fingerprint density at radius 3 is 2.40 bits per heavy atom. The van der Waals surface area contributed by atoms with Gasteiger partial charge in [-0.05, 0) is 18.2 Å². The van der Waals surface area contributed by atoms with Gasteiger partial charge in [-0.3, -0.25) is 9.59 Å². The van der Waals surface area contributed by atoms with Gasteiger partial charge in [0.25, 0.3) is 11.8 Å². The number of primary amides is 1. The molecule has 1 aromatic heterocycles. The molecule has 0 atom stereocenters. The highest BCUT2D eigenvalue weighted by atomic mass is 16.5. The van der Waals surface area contributed by atoms with Gasteiger partial charge in [0, 0.05) is 38.6 Å². The topological polar surface area (TPSA) is 102 Å². The normalized spacial score (nSPS) is 14.2. The number of nitrogens with two attached hydrogens (primary N) is 1.